The van der Waals surface area contributed by atoms with Gasteiger partial charge in [-0.25, -0.2) is 0 Å². The Bertz CT molecular complexity index is 687. The Labute approximate surface area is 145 Å². The lowest BCUT2D eigenvalue weighted by molar-refractivity contribution is -0.156. The largest absolute Gasteiger partial charge is 0.451 e. The van der Waals surface area contributed by atoms with Crippen molar-refractivity contribution in [3.8, 4) is 0 Å². The number of rotatable bonds is 7. The second-order valence-electron chi connectivity index (χ2n) is 5.53. The number of methoxy groups -OCH3 is 1. The van der Waals surface area contributed by atoms with Crippen LogP contribution in [0.2, 0.25) is 0 Å². The second kappa shape index (κ2) is 8.39. The maximum Gasteiger partial charge on any atom is 0.326 e. The minimum Gasteiger partial charge on any atom is -0.451 e. The van der Waals surface area contributed by atoms with Gasteiger partial charge in [0.05, 0.1) is 13.0 Å². The molecule has 0 saturated carbocycles. The smallest absolute Gasteiger partial charge is 0.326 e. The van der Waals surface area contributed by atoms with E-state index in [1.54, 1.807) is 24.3 Å². The van der Waals surface area contributed by atoms with Gasteiger partial charge < -0.3 is 14.8 Å². The van der Waals surface area contributed by atoms with Crippen LogP contribution in [-0.2, 0) is 30.3 Å². The molecule has 0 bridgehead atoms. The van der Waals surface area contributed by atoms with Crippen LogP contribution in [-0.4, -0.2) is 61.5 Å². The molecule has 0 fully saturated rings. The van der Waals surface area contributed by atoms with Crippen LogP contribution in [0.3, 0.4) is 0 Å². The lowest BCUT2D eigenvalue weighted by Gasteiger charge is -2.26. The fourth-order valence-electron chi connectivity index (χ4n) is 2.40. The van der Waals surface area contributed by atoms with Crippen molar-refractivity contribution >= 4 is 23.7 Å². The standard InChI is InChI=1S/C17H20N2O6/c1-11(16(22)18-7-8-24-2)25-15(21)10-19-14(20)9-12-5-3-4-6-13(12)17(19)23/h3-6,11H,7-10H2,1-2H3,(H,18,22)/t11-/m0/s1. The topological polar surface area (TPSA) is 102 Å². The molecule has 2 rings (SSSR count). The first kappa shape index (κ1) is 18.6. The molecule has 1 aliphatic rings. The molecule has 8 heteroatoms. The molecule has 1 aliphatic heterocycles. The first-order valence-electron chi connectivity index (χ1n) is 7.82. The normalized spacial score (nSPS) is 14.7. The number of carbonyl (C=O) groups is 4. The number of amides is 3. The Morgan fingerprint density at radius 2 is 2.00 bits per heavy atom. The van der Waals surface area contributed by atoms with Crippen LogP contribution in [0.1, 0.15) is 22.8 Å². The van der Waals surface area contributed by atoms with E-state index in [1.807, 2.05) is 0 Å². The predicted molar refractivity (Wildman–Crippen MR) is 86.6 cm³/mol. The van der Waals surface area contributed by atoms with Crippen molar-refractivity contribution in [1.29, 1.82) is 0 Å². The molecule has 25 heavy (non-hydrogen) atoms. The summed E-state index contributed by atoms with van der Waals surface area (Å²) in [6.45, 7) is 1.51. The zero-order chi connectivity index (χ0) is 18.4. The maximum absolute atomic E-state index is 12.4. The van der Waals surface area contributed by atoms with Gasteiger partial charge in [-0.3, -0.25) is 24.1 Å². The second-order valence-corrected chi connectivity index (χ2v) is 5.53. The van der Waals surface area contributed by atoms with Gasteiger partial charge in [0.1, 0.15) is 6.54 Å². The number of nitrogens with one attached hydrogen (secondary N) is 1. The average molecular weight is 348 g/mol. The number of nitrogens with zero attached hydrogens (tertiary/aromatic N) is 1. The molecule has 0 saturated heterocycles. The van der Waals surface area contributed by atoms with Gasteiger partial charge in [0.25, 0.3) is 11.8 Å². The van der Waals surface area contributed by atoms with Gasteiger partial charge in [0, 0.05) is 19.2 Å². The van der Waals surface area contributed by atoms with Gasteiger partial charge in [-0.2, -0.15) is 0 Å². The number of hydrogen-bond acceptors (Lipinski definition) is 6. The van der Waals surface area contributed by atoms with E-state index >= 15 is 0 Å². The van der Waals surface area contributed by atoms with Crippen molar-refractivity contribution in [3.63, 3.8) is 0 Å². The lowest BCUT2D eigenvalue weighted by atomic mass is 9.98. The Balaban J connectivity index is 1.93. The van der Waals surface area contributed by atoms with Gasteiger partial charge in [-0.05, 0) is 18.6 Å². The van der Waals surface area contributed by atoms with Gasteiger partial charge in [0.2, 0.25) is 5.91 Å². The molecular weight excluding hydrogens is 328 g/mol. The van der Waals surface area contributed by atoms with Crippen LogP contribution >= 0.6 is 0 Å². The van der Waals surface area contributed by atoms with E-state index in [0.717, 1.165) is 4.90 Å². The first-order chi connectivity index (χ1) is 11.9. The number of benzene rings is 1. The molecular formula is C17H20N2O6. The zero-order valence-corrected chi connectivity index (χ0v) is 14.1. The van der Waals surface area contributed by atoms with Crippen LogP contribution in [0.4, 0.5) is 0 Å². The fraction of sp³-hybridized carbons (Fsp3) is 0.412. The van der Waals surface area contributed by atoms with E-state index < -0.39 is 36.3 Å². The Hall–Kier alpha value is -2.74. The third-order valence-electron chi connectivity index (χ3n) is 3.71. The fourth-order valence-corrected chi connectivity index (χ4v) is 2.40. The van der Waals surface area contributed by atoms with E-state index in [0.29, 0.717) is 17.7 Å². The highest BCUT2D eigenvalue weighted by atomic mass is 16.5. The van der Waals surface area contributed by atoms with Crippen molar-refractivity contribution in [2.45, 2.75) is 19.4 Å². The van der Waals surface area contributed by atoms with E-state index in [4.69, 9.17) is 9.47 Å². The molecule has 8 nitrogen and oxygen atoms in total. The summed E-state index contributed by atoms with van der Waals surface area (Å²) in [6, 6.07) is 6.74. The van der Waals surface area contributed by atoms with Gasteiger partial charge >= 0.3 is 5.97 Å². The molecule has 1 N–H and O–H groups in total. The van der Waals surface area contributed by atoms with Crippen LogP contribution in [0.5, 0.6) is 0 Å². The Kier molecular flexibility index (Phi) is 6.24. The highest BCUT2D eigenvalue weighted by Crippen LogP contribution is 2.19. The summed E-state index contributed by atoms with van der Waals surface area (Å²) in [7, 11) is 1.50. The molecule has 0 radical (unpaired) electrons. The highest BCUT2D eigenvalue weighted by molar-refractivity contribution is 6.11. The monoisotopic (exact) mass is 348 g/mol. The van der Waals surface area contributed by atoms with Crippen LogP contribution in [0, 0.1) is 0 Å². The number of imide groups is 1. The summed E-state index contributed by atoms with van der Waals surface area (Å²) in [5.74, 6) is -2.32. The van der Waals surface area contributed by atoms with Crippen molar-refractivity contribution in [2.24, 2.45) is 0 Å². The molecule has 1 heterocycles. The van der Waals surface area contributed by atoms with Crippen LogP contribution < -0.4 is 5.32 Å². The number of fused-ring (bicyclic) bond motifs is 1. The third-order valence-corrected chi connectivity index (χ3v) is 3.71. The van der Waals surface area contributed by atoms with Crippen LogP contribution in [0.15, 0.2) is 24.3 Å². The summed E-state index contributed by atoms with van der Waals surface area (Å²) >= 11 is 0. The number of carbonyl (C=O) groups excluding carboxylic acids is 4. The SMILES string of the molecule is COCCNC(=O)[C@H](C)OC(=O)CN1C(=O)Cc2ccccc2C1=O. The minimum absolute atomic E-state index is 0.0439. The summed E-state index contributed by atoms with van der Waals surface area (Å²) in [4.78, 5) is 49.0. The quantitative estimate of drug-likeness (QED) is 0.420. The van der Waals surface area contributed by atoms with Gasteiger partial charge in [-0.1, -0.05) is 18.2 Å². The van der Waals surface area contributed by atoms with Crippen molar-refractivity contribution in [2.75, 3.05) is 26.8 Å². The van der Waals surface area contributed by atoms with E-state index in [1.165, 1.54) is 14.0 Å². The molecule has 134 valence electrons. The Morgan fingerprint density at radius 1 is 1.28 bits per heavy atom. The van der Waals surface area contributed by atoms with Crippen LogP contribution in [0.25, 0.3) is 0 Å². The summed E-state index contributed by atoms with van der Waals surface area (Å²) in [5.41, 5.74) is 1.02. The predicted octanol–water partition coefficient (Wildman–Crippen LogP) is -0.0942. The summed E-state index contributed by atoms with van der Waals surface area (Å²) in [5, 5.41) is 2.53. The molecule has 1 atom stereocenters. The first-order valence-corrected chi connectivity index (χ1v) is 7.82. The molecule has 0 aliphatic carbocycles. The zero-order valence-electron chi connectivity index (χ0n) is 14.1. The van der Waals surface area contributed by atoms with E-state index in [2.05, 4.69) is 5.32 Å². The van der Waals surface area contributed by atoms with Crippen molar-refractivity contribution in [3.05, 3.63) is 35.4 Å². The maximum atomic E-state index is 12.4. The number of hydrogen-bond donors (Lipinski definition) is 1. The van der Waals surface area contributed by atoms with Crippen molar-refractivity contribution in [1.82, 2.24) is 10.2 Å². The highest BCUT2D eigenvalue weighted by Gasteiger charge is 2.33. The van der Waals surface area contributed by atoms with Gasteiger partial charge in [-0.15, -0.1) is 0 Å². The lowest BCUT2D eigenvalue weighted by Crippen LogP contribution is -2.46. The third kappa shape index (κ3) is 4.63. The Morgan fingerprint density at radius 3 is 2.72 bits per heavy atom. The molecule has 1 aromatic rings. The van der Waals surface area contributed by atoms with Crippen molar-refractivity contribution < 1.29 is 28.7 Å². The minimum atomic E-state index is -1.04. The average Bonchev–Trinajstić information content (AvgIpc) is 2.58. The molecule has 1 aromatic carbocycles. The molecule has 0 unspecified atom stereocenters. The molecule has 3 amide bonds. The van der Waals surface area contributed by atoms with Gasteiger partial charge in [0.15, 0.2) is 6.10 Å². The summed E-state index contributed by atoms with van der Waals surface area (Å²) < 4.78 is 9.79. The van der Waals surface area contributed by atoms with E-state index in [-0.39, 0.29) is 13.0 Å². The molecule has 0 spiro atoms. The van der Waals surface area contributed by atoms with E-state index in [9.17, 15) is 19.2 Å². The number of esters is 1. The molecule has 0 aromatic heterocycles. The summed E-state index contributed by atoms with van der Waals surface area (Å²) in [6.07, 6.45) is -0.992. The number of ether oxygens (including phenoxy) is 2.